The van der Waals surface area contributed by atoms with Crippen molar-refractivity contribution in [3.8, 4) is 0 Å². The van der Waals surface area contributed by atoms with Crippen molar-refractivity contribution in [2.45, 2.75) is 25.8 Å². The van der Waals surface area contributed by atoms with Gasteiger partial charge in [-0.25, -0.2) is 0 Å². The fourth-order valence-electron chi connectivity index (χ4n) is 3.59. The van der Waals surface area contributed by atoms with Crippen LogP contribution in [0.5, 0.6) is 0 Å². The number of hydrogen-bond acceptors (Lipinski definition) is 4. The Labute approximate surface area is 128 Å². The van der Waals surface area contributed by atoms with Crippen LogP contribution in [0.4, 0.5) is 0 Å². The highest BCUT2D eigenvalue weighted by Crippen LogP contribution is 2.28. The van der Waals surface area contributed by atoms with Gasteiger partial charge in [-0.1, -0.05) is 6.07 Å². The summed E-state index contributed by atoms with van der Waals surface area (Å²) in [6.07, 6.45) is 2.44. The standard InChI is InChI=1S/C16H19N3OS/c1-10-13-3-2-12(8-14(13)18-21-10)16(20)17-15-9-19-6-4-11(15)5-7-19/h2-3,8,11,15H,4-7,9H2,1H3,(H,17,20)/t15-/m0/s1. The van der Waals surface area contributed by atoms with Crippen molar-refractivity contribution in [3.05, 3.63) is 28.6 Å². The summed E-state index contributed by atoms with van der Waals surface area (Å²) in [6.45, 7) is 5.46. The fourth-order valence-corrected chi connectivity index (χ4v) is 4.25. The molecule has 3 aliphatic rings. The number of carbonyl (C=O) groups is 1. The first kappa shape index (κ1) is 13.2. The number of aryl methyl sites for hydroxylation is 1. The van der Waals surface area contributed by atoms with E-state index >= 15 is 0 Å². The van der Waals surface area contributed by atoms with E-state index in [0.717, 1.165) is 23.0 Å². The van der Waals surface area contributed by atoms with E-state index < -0.39 is 0 Å². The first-order valence-electron chi connectivity index (χ1n) is 7.60. The number of nitrogens with zero attached hydrogens (tertiary/aromatic N) is 2. The summed E-state index contributed by atoms with van der Waals surface area (Å²) >= 11 is 1.50. The van der Waals surface area contributed by atoms with Crippen molar-refractivity contribution in [1.29, 1.82) is 0 Å². The molecular formula is C16H19N3OS. The molecule has 0 saturated carbocycles. The van der Waals surface area contributed by atoms with Gasteiger partial charge in [0, 0.05) is 28.4 Å². The van der Waals surface area contributed by atoms with Gasteiger partial charge in [0.15, 0.2) is 0 Å². The van der Waals surface area contributed by atoms with Crippen molar-refractivity contribution >= 4 is 28.3 Å². The second kappa shape index (κ2) is 5.07. The normalized spacial score (nSPS) is 28.0. The van der Waals surface area contributed by atoms with Crippen LogP contribution in [-0.2, 0) is 0 Å². The van der Waals surface area contributed by atoms with E-state index in [1.807, 2.05) is 18.2 Å². The average Bonchev–Trinajstić information content (AvgIpc) is 2.89. The molecular weight excluding hydrogens is 282 g/mol. The van der Waals surface area contributed by atoms with Gasteiger partial charge in [-0.3, -0.25) is 4.79 Å². The molecule has 21 heavy (non-hydrogen) atoms. The number of nitrogens with one attached hydrogen (secondary N) is 1. The molecule has 0 aliphatic carbocycles. The van der Waals surface area contributed by atoms with Gasteiger partial charge < -0.3 is 10.2 Å². The SMILES string of the molecule is Cc1snc2cc(C(=O)N[C@H]3CN4CCC3CC4)ccc12. The summed E-state index contributed by atoms with van der Waals surface area (Å²) in [5.41, 5.74) is 1.66. The predicted octanol–water partition coefficient (Wildman–Crippen LogP) is 2.43. The minimum absolute atomic E-state index is 0.0429. The molecule has 1 aromatic carbocycles. The van der Waals surface area contributed by atoms with Crippen molar-refractivity contribution < 1.29 is 4.79 Å². The maximum absolute atomic E-state index is 12.5. The Kier molecular flexibility index (Phi) is 3.19. The maximum Gasteiger partial charge on any atom is 0.251 e. The van der Waals surface area contributed by atoms with Gasteiger partial charge in [-0.15, -0.1) is 0 Å². The molecule has 0 spiro atoms. The number of benzene rings is 1. The Bertz CT molecular complexity index is 688. The molecule has 5 heteroatoms. The van der Waals surface area contributed by atoms with Gasteiger partial charge >= 0.3 is 0 Å². The molecule has 3 saturated heterocycles. The van der Waals surface area contributed by atoms with Crippen molar-refractivity contribution in [3.63, 3.8) is 0 Å². The second-order valence-electron chi connectivity index (χ2n) is 6.19. The lowest BCUT2D eigenvalue weighted by Gasteiger charge is -2.44. The second-order valence-corrected chi connectivity index (χ2v) is 7.17. The fraction of sp³-hybridized carbons (Fsp3) is 0.500. The molecule has 4 nitrogen and oxygen atoms in total. The van der Waals surface area contributed by atoms with Crippen LogP contribution in [0.2, 0.25) is 0 Å². The summed E-state index contributed by atoms with van der Waals surface area (Å²) in [5, 5.41) is 4.39. The van der Waals surface area contributed by atoms with Crippen LogP contribution in [0.25, 0.3) is 10.9 Å². The monoisotopic (exact) mass is 301 g/mol. The van der Waals surface area contributed by atoms with Crippen LogP contribution in [0.1, 0.15) is 28.1 Å². The van der Waals surface area contributed by atoms with E-state index in [1.54, 1.807) is 0 Å². The molecule has 1 amide bonds. The van der Waals surface area contributed by atoms with E-state index in [-0.39, 0.29) is 5.91 Å². The molecule has 2 bridgehead atoms. The largest absolute Gasteiger partial charge is 0.348 e. The third-order valence-electron chi connectivity index (χ3n) is 4.89. The lowest BCUT2D eigenvalue weighted by atomic mass is 9.84. The third kappa shape index (κ3) is 2.34. The van der Waals surface area contributed by atoms with Crippen LogP contribution < -0.4 is 5.32 Å². The Balaban J connectivity index is 1.53. The molecule has 2 aromatic rings. The zero-order chi connectivity index (χ0) is 14.4. The van der Waals surface area contributed by atoms with Gasteiger partial charge in [0.2, 0.25) is 0 Å². The van der Waals surface area contributed by atoms with Crippen molar-refractivity contribution in [2.75, 3.05) is 19.6 Å². The van der Waals surface area contributed by atoms with Crippen molar-refractivity contribution in [1.82, 2.24) is 14.6 Å². The minimum Gasteiger partial charge on any atom is -0.348 e. The Morgan fingerprint density at radius 1 is 1.38 bits per heavy atom. The number of amides is 1. The Morgan fingerprint density at radius 3 is 2.90 bits per heavy atom. The zero-order valence-corrected chi connectivity index (χ0v) is 12.9. The summed E-state index contributed by atoms with van der Waals surface area (Å²) in [6, 6.07) is 6.16. The number of rotatable bonds is 2. The van der Waals surface area contributed by atoms with Crippen LogP contribution >= 0.6 is 11.5 Å². The van der Waals surface area contributed by atoms with Gasteiger partial charge in [-0.2, -0.15) is 4.37 Å². The van der Waals surface area contributed by atoms with Gasteiger partial charge in [0.05, 0.1) is 5.52 Å². The van der Waals surface area contributed by atoms with Crippen LogP contribution in [0.15, 0.2) is 18.2 Å². The molecule has 110 valence electrons. The van der Waals surface area contributed by atoms with E-state index in [1.165, 1.54) is 42.3 Å². The molecule has 1 atom stereocenters. The predicted molar refractivity (Wildman–Crippen MR) is 84.8 cm³/mol. The van der Waals surface area contributed by atoms with Gasteiger partial charge in [0.1, 0.15) is 0 Å². The molecule has 3 aliphatic heterocycles. The number of carbonyl (C=O) groups excluding carboxylic acids is 1. The highest BCUT2D eigenvalue weighted by Gasteiger charge is 2.34. The lowest BCUT2D eigenvalue weighted by molar-refractivity contribution is 0.0620. The summed E-state index contributed by atoms with van der Waals surface area (Å²) in [4.78, 5) is 16.1. The summed E-state index contributed by atoms with van der Waals surface area (Å²) in [5.74, 6) is 0.700. The highest BCUT2D eigenvalue weighted by molar-refractivity contribution is 7.07. The van der Waals surface area contributed by atoms with Gasteiger partial charge in [-0.05, 0) is 62.4 Å². The van der Waals surface area contributed by atoms with Gasteiger partial charge in [0.25, 0.3) is 5.91 Å². The molecule has 0 unspecified atom stereocenters. The Morgan fingerprint density at radius 2 is 2.19 bits per heavy atom. The highest BCUT2D eigenvalue weighted by atomic mass is 32.1. The molecule has 4 heterocycles. The molecule has 1 N–H and O–H groups in total. The smallest absolute Gasteiger partial charge is 0.251 e. The molecule has 1 aromatic heterocycles. The number of piperidine rings is 3. The van der Waals surface area contributed by atoms with Crippen molar-refractivity contribution in [2.24, 2.45) is 5.92 Å². The van der Waals surface area contributed by atoms with E-state index in [9.17, 15) is 4.79 Å². The van der Waals surface area contributed by atoms with E-state index in [4.69, 9.17) is 0 Å². The maximum atomic E-state index is 12.5. The first-order chi connectivity index (χ1) is 10.2. The number of aromatic nitrogens is 1. The molecule has 0 radical (unpaired) electrons. The number of hydrogen-bond donors (Lipinski definition) is 1. The van der Waals surface area contributed by atoms with Crippen LogP contribution in [0, 0.1) is 12.8 Å². The Hall–Kier alpha value is -1.46. The topological polar surface area (TPSA) is 45.2 Å². The third-order valence-corrected chi connectivity index (χ3v) is 5.67. The van der Waals surface area contributed by atoms with E-state index in [2.05, 4.69) is 21.5 Å². The summed E-state index contributed by atoms with van der Waals surface area (Å²) in [7, 11) is 0. The summed E-state index contributed by atoms with van der Waals surface area (Å²) < 4.78 is 4.40. The van der Waals surface area contributed by atoms with Crippen LogP contribution in [0.3, 0.4) is 0 Å². The number of fused-ring (bicyclic) bond motifs is 4. The lowest BCUT2D eigenvalue weighted by Crippen LogP contribution is -2.57. The van der Waals surface area contributed by atoms with Crippen LogP contribution in [-0.4, -0.2) is 40.9 Å². The quantitative estimate of drug-likeness (QED) is 0.926. The molecule has 3 fully saturated rings. The minimum atomic E-state index is 0.0429. The average molecular weight is 301 g/mol. The first-order valence-corrected chi connectivity index (χ1v) is 8.37. The van der Waals surface area contributed by atoms with E-state index in [0.29, 0.717) is 12.0 Å². The zero-order valence-electron chi connectivity index (χ0n) is 12.1. The molecule has 5 rings (SSSR count).